The van der Waals surface area contributed by atoms with E-state index in [0.29, 0.717) is 5.56 Å². The fourth-order valence-electron chi connectivity index (χ4n) is 1.67. The monoisotopic (exact) mass is 316 g/mol. The normalized spacial score (nSPS) is 8.87. The molecule has 0 aliphatic carbocycles. The van der Waals surface area contributed by atoms with Crippen LogP contribution in [0.3, 0.4) is 0 Å². The molecule has 4 heteroatoms. The summed E-state index contributed by atoms with van der Waals surface area (Å²) in [6.45, 7) is 11.7. The van der Waals surface area contributed by atoms with Crippen LogP contribution in [0.5, 0.6) is 17.2 Å². The maximum Gasteiger partial charge on any atom is 0.196 e. The van der Waals surface area contributed by atoms with Crippen molar-refractivity contribution >= 4 is 11.4 Å². The first kappa shape index (κ1) is 20.2. The van der Waals surface area contributed by atoms with Crippen LogP contribution in [-0.2, 0) is 0 Å². The zero-order chi connectivity index (χ0) is 18.0. The van der Waals surface area contributed by atoms with Gasteiger partial charge in [-0.2, -0.15) is 0 Å². The molecule has 0 aliphatic heterocycles. The van der Waals surface area contributed by atoms with E-state index in [2.05, 4.69) is 6.58 Å². The number of rotatable bonds is 3. The number of ketones is 1. The van der Waals surface area contributed by atoms with Crippen molar-refractivity contribution in [3.63, 3.8) is 0 Å². The standard InChI is InChI=1S/C15H12O4.2C2H6/c1-9(10-2-4-11(16)5-3-10)15(19)13-7-6-12(17)8-14(13)18;2*1-2/h2-8,16-18H,1H2;2*1-2H3. The van der Waals surface area contributed by atoms with Crippen molar-refractivity contribution in [2.75, 3.05) is 0 Å². The zero-order valence-electron chi connectivity index (χ0n) is 14.0. The van der Waals surface area contributed by atoms with Gasteiger partial charge in [0, 0.05) is 11.6 Å². The lowest BCUT2D eigenvalue weighted by Crippen LogP contribution is -2.02. The van der Waals surface area contributed by atoms with Gasteiger partial charge in [-0.15, -0.1) is 0 Å². The molecule has 3 N–H and O–H groups in total. The van der Waals surface area contributed by atoms with E-state index in [1.165, 1.54) is 24.3 Å². The largest absolute Gasteiger partial charge is 0.508 e. The van der Waals surface area contributed by atoms with Gasteiger partial charge >= 0.3 is 0 Å². The van der Waals surface area contributed by atoms with Crippen LogP contribution in [0.25, 0.3) is 5.57 Å². The van der Waals surface area contributed by atoms with Gasteiger partial charge in [-0.1, -0.05) is 46.4 Å². The van der Waals surface area contributed by atoms with E-state index in [0.717, 1.165) is 6.07 Å². The molecule has 2 aromatic rings. The molecule has 0 atom stereocenters. The van der Waals surface area contributed by atoms with Crippen molar-refractivity contribution in [1.29, 1.82) is 0 Å². The highest BCUT2D eigenvalue weighted by atomic mass is 16.3. The van der Waals surface area contributed by atoms with Gasteiger partial charge in [0.1, 0.15) is 17.2 Å². The highest BCUT2D eigenvalue weighted by molar-refractivity contribution is 6.29. The Morgan fingerprint density at radius 3 is 1.78 bits per heavy atom. The van der Waals surface area contributed by atoms with Crippen LogP contribution in [0.1, 0.15) is 43.6 Å². The molecule has 0 saturated heterocycles. The first-order chi connectivity index (χ1) is 11.0. The van der Waals surface area contributed by atoms with E-state index < -0.39 is 5.78 Å². The van der Waals surface area contributed by atoms with Gasteiger partial charge in [-0.3, -0.25) is 4.79 Å². The molecule has 0 aromatic heterocycles. The molecule has 2 aromatic carbocycles. The molecule has 0 radical (unpaired) electrons. The Morgan fingerprint density at radius 1 is 0.826 bits per heavy atom. The molecule has 124 valence electrons. The second-order valence-electron chi connectivity index (χ2n) is 4.06. The number of allylic oxidation sites excluding steroid dienone is 1. The van der Waals surface area contributed by atoms with Crippen molar-refractivity contribution in [2.45, 2.75) is 27.7 Å². The van der Waals surface area contributed by atoms with Gasteiger partial charge in [0.05, 0.1) is 5.56 Å². The molecule has 0 spiro atoms. The average Bonchev–Trinajstić information content (AvgIpc) is 2.58. The molecule has 0 aliphatic rings. The van der Waals surface area contributed by atoms with E-state index in [1.54, 1.807) is 12.1 Å². The van der Waals surface area contributed by atoms with Crippen LogP contribution in [0.2, 0.25) is 0 Å². The lowest BCUT2D eigenvalue weighted by molar-refractivity contribution is 0.105. The third-order valence-electron chi connectivity index (χ3n) is 2.72. The fourth-order valence-corrected chi connectivity index (χ4v) is 1.67. The maximum absolute atomic E-state index is 12.2. The number of phenolic OH excluding ortho intramolecular Hbond substituents is 3. The van der Waals surface area contributed by atoms with Crippen LogP contribution in [0, 0.1) is 0 Å². The highest BCUT2D eigenvalue weighted by Gasteiger charge is 2.16. The van der Waals surface area contributed by atoms with Crippen molar-refractivity contribution in [2.24, 2.45) is 0 Å². The SMILES string of the molecule is C=C(C(=O)c1ccc(O)cc1O)c1ccc(O)cc1.CC.CC. The van der Waals surface area contributed by atoms with Crippen molar-refractivity contribution in [3.8, 4) is 17.2 Å². The van der Waals surface area contributed by atoms with Crippen molar-refractivity contribution in [1.82, 2.24) is 0 Å². The molecule has 0 amide bonds. The maximum atomic E-state index is 12.2. The Morgan fingerprint density at radius 2 is 1.30 bits per heavy atom. The molecular weight excluding hydrogens is 292 g/mol. The van der Waals surface area contributed by atoms with Crippen molar-refractivity contribution < 1.29 is 20.1 Å². The second-order valence-corrected chi connectivity index (χ2v) is 4.06. The number of carbonyl (C=O) groups excluding carboxylic acids is 1. The molecule has 23 heavy (non-hydrogen) atoms. The van der Waals surface area contributed by atoms with E-state index in [9.17, 15) is 20.1 Å². The highest BCUT2D eigenvalue weighted by Crippen LogP contribution is 2.27. The van der Waals surface area contributed by atoms with E-state index in [4.69, 9.17) is 0 Å². The van der Waals surface area contributed by atoms with Gasteiger partial charge in [0.15, 0.2) is 5.78 Å². The number of carbonyl (C=O) groups is 1. The van der Waals surface area contributed by atoms with E-state index in [-0.39, 0.29) is 28.4 Å². The Hall–Kier alpha value is -2.75. The molecule has 2 rings (SSSR count). The van der Waals surface area contributed by atoms with Crippen LogP contribution in [0.4, 0.5) is 0 Å². The Bertz CT molecular complexity index is 643. The Labute approximate surface area is 137 Å². The summed E-state index contributed by atoms with van der Waals surface area (Å²) >= 11 is 0. The van der Waals surface area contributed by atoms with E-state index >= 15 is 0 Å². The minimum absolute atomic E-state index is 0.0656. The number of hydrogen-bond acceptors (Lipinski definition) is 4. The summed E-state index contributed by atoms with van der Waals surface area (Å²) < 4.78 is 0. The predicted octanol–water partition coefficient (Wildman–Crippen LogP) is 4.75. The summed E-state index contributed by atoms with van der Waals surface area (Å²) in [7, 11) is 0. The lowest BCUT2D eigenvalue weighted by atomic mass is 9.97. The van der Waals surface area contributed by atoms with Crippen LogP contribution in [0.15, 0.2) is 49.0 Å². The Kier molecular flexibility index (Phi) is 8.85. The number of phenols is 3. The summed E-state index contributed by atoms with van der Waals surface area (Å²) in [4.78, 5) is 12.2. The van der Waals surface area contributed by atoms with E-state index in [1.807, 2.05) is 27.7 Å². The summed E-state index contributed by atoms with van der Waals surface area (Å²) in [6.07, 6.45) is 0. The summed E-state index contributed by atoms with van der Waals surface area (Å²) in [6, 6.07) is 9.77. The van der Waals surface area contributed by atoms with Crippen LogP contribution >= 0.6 is 0 Å². The van der Waals surface area contributed by atoms with Gasteiger partial charge in [0.2, 0.25) is 0 Å². The first-order valence-corrected chi connectivity index (χ1v) is 7.54. The number of benzene rings is 2. The zero-order valence-corrected chi connectivity index (χ0v) is 14.0. The minimum Gasteiger partial charge on any atom is -0.508 e. The third-order valence-corrected chi connectivity index (χ3v) is 2.72. The van der Waals surface area contributed by atoms with Gasteiger partial charge in [0.25, 0.3) is 0 Å². The van der Waals surface area contributed by atoms with Crippen LogP contribution < -0.4 is 0 Å². The lowest BCUT2D eigenvalue weighted by Gasteiger charge is -2.07. The predicted molar refractivity (Wildman–Crippen MR) is 93.9 cm³/mol. The summed E-state index contributed by atoms with van der Waals surface area (Å²) in [5.41, 5.74) is 0.812. The summed E-state index contributed by atoms with van der Waals surface area (Å²) in [5, 5.41) is 28.0. The molecule has 0 bridgehead atoms. The molecule has 0 heterocycles. The first-order valence-electron chi connectivity index (χ1n) is 7.54. The quantitative estimate of drug-likeness (QED) is 0.564. The minimum atomic E-state index is -0.441. The smallest absolute Gasteiger partial charge is 0.196 e. The molecule has 0 unspecified atom stereocenters. The average molecular weight is 316 g/mol. The topological polar surface area (TPSA) is 77.8 Å². The van der Waals surface area contributed by atoms with Gasteiger partial charge < -0.3 is 15.3 Å². The van der Waals surface area contributed by atoms with Crippen molar-refractivity contribution in [3.05, 3.63) is 60.2 Å². The molecular formula is C19H24O4. The number of hydrogen-bond donors (Lipinski definition) is 3. The molecule has 4 nitrogen and oxygen atoms in total. The number of Topliss-reactive ketones (excluding diaryl/α,β-unsaturated/α-hetero) is 1. The summed E-state index contributed by atoms with van der Waals surface area (Å²) in [5.74, 6) is -0.770. The van der Waals surface area contributed by atoms with Crippen LogP contribution in [-0.4, -0.2) is 21.1 Å². The Balaban J connectivity index is 0.00000112. The number of aromatic hydroxyl groups is 3. The van der Waals surface area contributed by atoms with Gasteiger partial charge in [-0.25, -0.2) is 0 Å². The second kappa shape index (κ2) is 10.1. The fraction of sp³-hybridized carbons (Fsp3) is 0.211. The van der Waals surface area contributed by atoms with Gasteiger partial charge in [-0.05, 0) is 29.8 Å². The third kappa shape index (κ3) is 5.51. The molecule has 0 fully saturated rings. The molecule has 0 saturated carbocycles.